The number of hydrogen-bond donors (Lipinski definition) is 0. The second kappa shape index (κ2) is 14.4. The molecule has 0 radical (unpaired) electrons. The summed E-state index contributed by atoms with van der Waals surface area (Å²) in [5.74, 6) is 0. The average molecular weight is 646 g/mol. The van der Waals surface area contributed by atoms with Crippen molar-refractivity contribution < 1.29 is 57.7 Å². The SMILES string of the molecule is CCCCc1ccc([Si](c2cc(C)cc(C)c2)(c2cc(C)cc(C)c2)C2(C)C(C)=C(C)C(C)=[C]2[Ti+3])cc1.[Cl-].[Cl-].[Cl-]. The Hall–Kier alpha value is -1.06. The average Bonchev–Trinajstić information content (AvgIpc) is 2.99. The summed E-state index contributed by atoms with van der Waals surface area (Å²) in [4.78, 5) is 0. The van der Waals surface area contributed by atoms with E-state index in [1.165, 1.54) is 67.4 Å². The third kappa shape index (κ3) is 6.17. The Morgan fingerprint density at radius 3 is 1.40 bits per heavy atom. The standard InChI is InChI=1S/C35H43Si.3ClH.Ti/c1-10-11-12-31-13-15-32(16-14-31)36(33-19-24(2)17-25(3)20-33,34-21-26(4)18-27(5)22-34)35(9)23-28(6)29(7)30(35)8;;;;/h13-22H,10-12H2,1-9H3;3*1H;/q;;;;+3/p-3. The van der Waals surface area contributed by atoms with Crippen LogP contribution in [-0.4, -0.2) is 8.07 Å². The number of allylic oxidation sites excluding steroid dienone is 4. The number of aryl methyl sites for hydroxylation is 5. The van der Waals surface area contributed by atoms with Crippen LogP contribution >= 0.6 is 0 Å². The molecule has 5 heteroatoms. The first kappa shape index (κ1) is 37.0. The fourth-order valence-corrected chi connectivity index (χ4v) is 14.9. The minimum absolute atomic E-state index is 0. The molecule has 0 bridgehead atoms. The molecule has 0 saturated carbocycles. The molecule has 0 spiro atoms. The molecule has 3 aromatic rings. The van der Waals surface area contributed by atoms with E-state index in [1.54, 1.807) is 9.45 Å². The van der Waals surface area contributed by atoms with E-state index in [9.17, 15) is 0 Å². The van der Waals surface area contributed by atoms with Crippen molar-refractivity contribution in [2.75, 3.05) is 0 Å². The van der Waals surface area contributed by atoms with Gasteiger partial charge in [-0.15, -0.1) is 0 Å². The van der Waals surface area contributed by atoms with Crippen molar-refractivity contribution in [3.8, 4) is 0 Å². The predicted octanol–water partition coefficient (Wildman–Crippen LogP) is -1.32. The van der Waals surface area contributed by atoms with Crippen LogP contribution in [0.15, 0.2) is 81.3 Å². The molecule has 4 rings (SSSR count). The zero-order valence-corrected chi connectivity index (χ0v) is 30.4. The van der Waals surface area contributed by atoms with Crippen molar-refractivity contribution >= 4 is 23.6 Å². The molecule has 0 heterocycles. The predicted molar refractivity (Wildman–Crippen MR) is 161 cm³/mol. The minimum atomic E-state index is -2.62. The summed E-state index contributed by atoms with van der Waals surface area (Å²) < 4.78 is 1.54. The molecule has 1 unspecified atom stereocenters. The molecule has 0 N–H and O–H groups in total. The molecule has 1 aliphatic rings. The Morgan fingerprint density at radius 1 is 0.625 bits per heavy atom. The number of hydrogen-bond acceptors (Lipinski definition) is 0. The van der Waals surface area contributed by atoms with E-state index in [-0.39, 0.29) is 42.3 Å². The van der Waals surface area contributed by atoms with Gasteiger partial charge in [0.25, 0.3) is 0 Å². The third-order valence-electron chi connectivity index (χ3n) is 9.02. The summed E-state index contributed by atoms with van der Waals surface area (Å²) in [7, 11) is -2.62. The summed E-state index contributed by atoms with van der Waals surface area (Å²) in [6.07, 6.45) is 3.64. The van der Waals surface area contributed by atoms with Gasteiger partial charge in [0.15, 0.2) is 0 Å². The summed E-state index contributed by atoms with van der Waals surface area (Å²) in [5.41, 5.74) is 11.4. The number of rotatable bonds is 7. The van der Waals surface area contributed by atoms with E-state index >= 15 is 0 Å². The van der Waals surface area contributed by atoms with Crippen molar-refractivity contribution in [2.45, 2.75) is 86.6 Å². The van der Waals surface area contributed by atoms with Crippen molar-refractivity contribution in [3.05, 3.63) is 109 Å². The van der Waals surface area contributed by atoms with Crippen LogP contribution in [0.2, 0.25) is 5.04 Å². The molecule has 212 valence electrons. The normalized spacial score (nSPS) is 16.9. The molecule has 1 aliphatic carbocycles. The summed E-state index contributed by atoms with van der Waals surface area (Å²) >= 11 is 2.41. The van der Waals surface area contributed by atoms with Gasteiger partial charge in [-0.1, -0.05) is 0 Å². The smallest absolute Gasteiger partial charge is 1.00 e. The third-order valence-corrected chi connectivity index (χ3v) is 16.4. The first-order valence-electron chi connectivity index (χ1n) is 13.8. The van der Waals surface area contributed by atoms with Gasteiger partial charge in [-0.3, -0.25) is 0 Å². The van der Waals surface area contributed by atoms with Gasteiger partial charge in [0.2, 0.25) is 0 Å². The number of halogens is 3. The first-order valence-corrected chi connectivity index (χ1v) is 16.6. The Bertz CT molecular complexity index is 1290. The van der Waals surface area contributed by atoms with Crippen LogP contribution in [-0.2, 0) is 26.9 Å². The fourth-order valence-electron chi connectivity index (χ4n) is 6.93. The van der Waals surface area contributed by atoms with Crippen LogP contribution in [0, 0.1) is 27.7 Å². The zero-order chi connectivity index (χ0) is 27.1. The van der Waals surface area contributed by atoms with E-state index in [4.69, 9.17) is 0 Å². The molecule has 40 heavy (non-hydrogen) atoms. The largest absolute Gasteiger partial charge is 1.00 e. The molecule has 0 aliphatic heterocycles. The first-order chi connectivity index (χ1) is 17.5. The Kier molecular flexibility index (Phi) is 13.3. The summed E-state index contributed by atoms with van der Waals surface area (Å²) in [5, 5.41) is 4.51. The second-order valence-corrected chi connectivity index (χ2v) is 16.7. The maximum Gasteiger partial charge on any atom is -1.00 e. The van der Waals surface area contributed by atoms with E-state index in [1.807, 2.05) is 0 Å². The van der Waals surface area contributed by atoms with Crippen molar-refractivity contribution in [3.63, 3.8) is 0 Å². The van der Waals surface area contributed by atoms with Crippen molar-refractivity contribution in [1.29, 1.82) is 0 Å². The summed E-state index contributed by atoms with van der Waals surface area (Å²) in [6.45, 7) is 21.0. The Balaban J connectivity index is 0.00000267. The van der Waals surface area contributed by atoms with Gasteiger partial charge >= 0.3 is 240 Å². The molecular formula is C35H43Cl3SiTi. The quantitative estimate of drug-likeness (QED) is 0.221. The maximum atomic E-state index is 2.57. The van der Waals surface area contributed by atoms with Gasteiger partial charge in [0, 0.05) is 0 Å². The van der Waals surface area contributed by atoms with E-state index in [2.05, 4.69) is 143 Å². The van der Waals surface area contributed by atoms with Crippen molar-refractivity contribution in [1.82, 2.24) is 0 Å². The number of unbranched alkanes of at least 4 members (excludes halogenated alkanes) is 1. The van der Waals surface area contributed by atoms with Crippen LogP contribution in [0.4, 0.5) is 0 Å². The molecule has 0 saturated heterocycles. The van der Waals surface area contributed by atoms with Crippen LogP contribution < -0.4 is 52.8 Å². The zero-order valence-electron chi connectivity index (χ0n) is 25.5. The van der Waals surface area contributed by atoms with Crippen LogP contribution in [0.25, 0.3) is 0 Å². The fraction of sp³-hybridized carbons (Fsp3) is 0.371. The van der Waals surface area contributed by atoms with E-state index < -0.39 is 8.07 Å². The van der Waals surface area contributed by atoms with E-state index in [0.717, 1.165) is 6.42 Å². The maximum absolute atomic E-state index is 2.62. The minimum Gasteiger partial charge on any atom is -1.00 e. The second-order valence-electron chi connectivity index (χ2n) is 11.7. The molecule has 0 fully saturated rings. The van der Waals surface area contributed by atoms with Gasteiger partial charge < -0.3 is 37.2 Å². The van der Waals surface area contributed by atoms with Crippen LogP contribution in [0.5, 0.6) is 0 Å². The van der Waals surface area contributed by atoms with Gasteiger partial charge in [-0.05, 0) is 0 Å². The van der Waals surface area contributed by atoms with Gasteiger partial charge in [0.05, 0.1) is 0 Å². The van der Waals surface area contributed by atoms with Crippen molar-refractivity contribution in [2.24, 2.45) is 0 Å². The molecule has 3 aromatic carbocycles. The van der Waals surface area contributed by atoms with Gasteiger partial charge in [-0.25, -0.2) is 0 Å². The molecule has 0 nitrogen and oxygen atoms in total. The molecule has 0 aromatic heterocycles. The molecule has 0 amide bonds. The molecule has 1 atom stereocenters. The topological polar surface area (TPSA) is 0 Å². The molecular weight excluding hydrogens is 603 g/mol. The van der Waals surface area contributed by atoms with Gasteiger partial charge in [-0.2, -0.15) is 0 Å². The Morgan fingerprint density at radius 2 is 1.05 bits per heavy atom. The number of benzene rings is 3. The monoisotopic (exact) mass is 644 g/mol. The van der Waals surface area contributed by atoms with Crippen LogP contribution in [0.3, 0.4) is 0 Å². The Labute approximate surface area is 275 Å². The van der Waals surface area contributed by atoms with Gasteiger partial charge in [0.1, 0.15) is 0 Å². The van der Waals surface area contributed by atoms with E-state index in [0.29, 0.717) is 0 Å². The van der Waals surface area contributed by atoms with Crippen LogP contribution in [0.1, 0.15) is 75.3 Å². The summed E-state index contributed by atoms with van der Waals surface area (Å²) in [6, 6.07) is 24.6.